The van der Waals surface area contributed by atoms with Crippen LogP contribution in [0.1, 0.15) is 22.7 Å². The van der Waals surface area contributed by atoms with Gasteiger partial charge >= 0.3 is 0 Å². The average Bonchev–Trinajstić information content (AvgIpc) is 2.37. The van der Waals surface area contributed by atoms with Gasteiger partial charge < -0.3 is 0 Å². The number of nitrogens with one attached hydrogen (secondary N) is 1. The summed E-state index contributed by atoms with van der Waals surface area (Å²) in [5, 5.41) is 0.898. The third kappa shape index (κ3) is 2.90. The molecule has 2 aromatic carbocycles. The number of nitrogens with two attached hydrogens (primary N) is 1. The van der Waals surface area contributed by atoms with Crippen molar-refractivity contribution < 1.29 is 4.39 Å². The summed E-state index contributed by atoms with van der Waals surface area (Å²) < 4.78 is 13.2. The second-order valence-corrected chi connectivity index (χ2v) is 5.03. The van der Waals surface area contributed by atoms with Gasteiger partial charge in [0.05, 0.1) is 16.1 Å². The highest BCUT2D eigenvalue weighted by Gasteiger charge is 2.18. The lowest BCUT2D eigenvalue weighted by Crippen LogP contribution is -2.29. The number of halogens is 3. The summed E-state index contributed by atoms with van der Waals surface area (Å²) in [6.07, 6.45) is 0. The van der Waals surface area contributed by atoms with Gasteiger partial charge in [0.25, 0.3) is 0 Å². The van der Waals surface area contributed by atoms with Crippen LogP contribution in [0.4, 0.5) is 4.39 Å². The lowest BCUT2D eigenvalue weighted by Gasteiger charge is -2.20. The molecule has 0 amide bonds. The Balaban J connectivity index is 2.53. The number of rotatable bonds is 3. The molecule has 2 nitrogen and oxygen atoms in total. The predicted molar refractivity (Wildman–Crippen MR) is 76.8 cm³/mol. The highest BCUT2D eigenvalue weighted by atomic mass is 35.5. The first-order chi connectivity index (χ1) is 9.04. The zero-order chi connectivity index (χ0) is 14.0. The minimum atomic E-state index is -0.341. The Morgan fingerprint density at radius 3 is 2.53 bits per heavy atom. The minimum Gasteiger partial charge on any atom is -0.271 e. The molecule has 0 saturated heterocycles. The Kier molecular flexibility index (Phi) is 4.42. The number of hydrogen-bond acceptors (Lipinski definition) is 2. The third-order valence-corrected chi connectivity index (χ3v) is 3.84. The Morgan fingerprint density at radius 2 is 1.89 bits per heavy atom. The second kappa shape index (κ2) is 5.88. The van der Waals surface area contributed by atoms with E-state index >= 15 is 0 Å². The maximum absolute atomic E-state index is 13.2. The molecule has 0 aliphatic carbocycles. The van der Waals surface area contributed by atoms with Crippen molar-refractivity contribution in [3.63, 3.8) is 0 Å². The van der Waals surface area contributed by atoms with E-state index in [-0.39, 0.29) is 11.9 Å². The van der Waals surface area contributed by atoms with Crippen LogP contribution in [0.5, 0.6) is 0 Å². The van der Waals surface area contributed by atoms with Gasteiger partial charge in [-0.25, -0.2) is 9.82 Å². The van der Waals surface area contributed by atoms with E-state index in [1.54, 1.807) is 18.2 Å². The predicted octanol–water partition coefficient (Wildman–Crippen LogP) is 3.99. The van der Waals surface area contributed by atoms with Crippen LogP contribution in [-0.2, 0) is 0 Å². The molecule has 2 aromatic rings. The smallest absolute Gasteiger partial charge is 0.123 e. The van der Waals surface area contributed by atoms with Gasteiger partial charge in [0.15, 0.2) is 0 Å². The summed E-state index contributed by atoms with van der Waals surface area (Å²) in [6, 6.07) is 9.54. The van der Waals surface area contributed by atoms with Gasteiger partial charge in [-0.2, -0.15) is 0 Å². The largest absolute Gasteiger partial charge is 0.271 e. The van der Waals surface area contributed by atoms with Crippen LogP contribution in [0.25, 0.3) is 0 Å². The molecule has 0 aliphatic rings. The molecule has 0 aromatic heterocycles. The molecule has 0 radical (unpaired) electrons. The summed E-state index contributed by atoms with van der Waals surface area (Å²) >= 11 is 12.2. The van der Waals surface area contributed by atoms with Crippen molar-refractivity contribution in [2.75, 3.05) is 0 Å². The van der Waals surface area contributed by atoms with Crippen LogP contribution in [0.2, 0.25) is 10.0 Å². The highest BCUT2D eigenvalue weighted by Crippen LogP contribution is 2.33. The highest BCUT2D eigenvalue weighted by molar-refractivity contribution is 6.42. The number of hydrogen-bond donors (Lipinski definition) is 2. The number of hydrazine groups is 1. The van der Waals surface area contributed by atoms with E-state index in [4.69, 9.17) is 29.0 Å². The zero-order valence-corrected chi connectivity index (χ0v) is 11.8. The number of aryl methyl sites for hydroxylation is 1. The van der Waals surface area contributed by atoms with Crippen LogP contribution in [0.3, 0.4) is 0 Å². The fourth-order valence-electron chi connectivity index (χ4n) is 2.05. The lowest BCUT2D eigenvalue weighted by atomic mass is 9.95. The molecular formula is C14H13Cl2FN2. The molecule has 0 fully saturated rings. The SMILES string of the molecule is Cc1cc(F)ccc1C(NN)c1cccc(Cl)c1Cl. The molecule has 0 spiro atoms. The fraction of sp³-hybridized carbons (Fsp3) is 0.143. The van der Waals surface area contributed by atoms with Crippen molar-refractivity contribution in [3.05, 3.63) is 69.0 Å². The van der Waals surface area contributed by atoms with Gasteiger partial charge in [-0.3, -0.25) is 5.84 Å². The Bertz CT molecular complexity index is 602. The van der Waals surface area contributed by atoms with E-state index in [9.17, 15) is 4.39 Å². The topological polar surface area (TPSA) is 38.0 Å². The van der Waals surface area contributed by atoms with Crippen LogP contribution in [0.15, 0.2) is 36.4 Å². The van der Waals surface area contributed by atoms with E-state index in [1.165, 1.54) is 12.1 Å². The van der Waals surface area contributed by atoms with Crippen molar-refractivity contribution in [1.29, 1.82) is 0 Å². The molecule has 1 unspecified atom stereocenters. The Labute approximate surface area is 121 Å². The molecule has 3 N–H and O–H groups in total. The monoisotopic (exact) mass is 298 g/mol. The molecule has 2 rings (SSSR count). The van der Waals surface area contributed by atoms with Crippen LogP contribution < -0.4 is 11.3 Å². The molecule has 1 atom stereocenters. The average molecular weight is 299 g/mol. The quantitative estimate of drug-likeness (QED) is 0.664. The van der Waals surface area contributed by atoms with Gasteiger partial charge in [-0.1, -0.05) is 41.4 Å². The molecule has 0 saturated carbocycles. The third-order valence-electron chi connectivity index (χ3n) is 3.00. The number of benzene rings is 2. The van der Waals surface area contributed by atoms with Crippen LogP contribution in [-0.4, -0.2) is 0 Å². The van der Waals surface area contributed by atoms with Gasteiger partial charge in [0.2, 0.25) is 0 Å². The summed E-state index contributed by atoms with van der Waals surface area (Å²) in [4.78, 5) is 0. The molecular weight excluding hydrogens is 286 g/mol. The van der Waals surface area contributed by atoms with E-state index in [0.717, 1.165) is 16.7 Å². The van der Waals surface area contributed by atoms with Crippen molar-refractivity contribution in [2.45, 2.75) is 13.0 Å². The molecule has 0 heterocycles. The summed E-state index contributed by atoms with van der Waals surface area (Å²) in [7, 11) is 0. The van der Waals surface area contributed by atoms with Crippen molar-refractivity contribution >= 4 is 23.2 Å². The lowest BCUT2D eigenvalue weighted by molar-refractivity contribution is 0.612. The zero-order valence-electron chi connectivity index (χ0n) is 10.3. The van der Waals surface area contributed by atoms with Crippen molar-refractivity contribution in [3.8, 4) is 0 Å². The fourth-order valence-corrected chi connectivity index (χ4v) is 2.47. The summed E-state index contributed by atoms with van der Waals surface area (Å²) in [5.74, 6) is 5.33. The van der Waals surface area contributed by atoms with E-state index < -0.39 is 0 Å². The van der Waals surface area contributed by atoms with Gasteiger partial charge in [-0.05, 0) is 41.8 Å². The van der Waals surface area contributed by atoms with E-state index in [1.807, 2.05) is 13.0 Å². The molecule has 5 heteroatoms. The van der Waals surface area contributed by atoms with Crippen LogP contribution in [0, 0.1) is 12.7 Å². The summed E-state index contributed by atoms with van der Waals surface area (Å²) in [6.45, 7) is 1.82. The van der Waals surface area contributed by atoms with Gasteiger partial charge in [-0.15, -0.1) is 0 Å². The molecule has 0 bridgehead atoms. The van der Waals surface area contributed by atoms with Crippen molar-refractivity contribution in [2.24, 2.45) is 5.84 Å². The van der Waals surface area contributed by atoms with E-state index in [0.29, 0.717) is 10.0 Å². The van der Waals surface area contributed by atoms with Crippen LogP contribution >= 0.6 is 23.2 Å². The first kappa shape index (κ1) is 14.3. The van der Waals surface area contributed by atoms with Gasteiger partial charge in [0, 0.05) is 0 Å². The maximum atomic E-state index is 13.2. The molecule has 0 aliphatic heterocycles. The standard InChI is InChI=1S/C14H13Cl2FN2/c1-8-7-9(17)5-6-10(8)14(19-18)11-3-2-4-12(15)13(11)16/h2-7,14,19H,18H2,1H3. The minimum absolute atomic E-state index is 0.283. The van der Waals surface area contributed by atoms with Gasteiger partial charge in [0.1, 0.15) is 5.82 Å². The first-order valence-corrected chi connectivity index (χ1v) is 6.46. The maximum Gasteiger partial charge on any atom is 0.123 e. The Hall–Kier alpha value is -1.13. The van der Waals surface area contributed by atoms with E-state index in [2.05, 4.69) is 5.43 Å². The normalized spacial score (nSPS) is 12.5. The molecule has 19 heavy (non-hydrogen) atoms. The first-order valence-electron chi connectivity index (χ1n) is 5.70. The van der Waals surface area contributed by atoms with Crippen molar-refractivity contribution in [1.82, 2.24) is 5.43 Å². The Morgan fingerprint density at radius 1 is 1.16 bits per heavy atom. The molecule has 100 valence electrons. The second-order valence-electron chi connectivity index (χ2n) is 4.24. The summed E-state index contributed by atoms with van der Waals surface area (Å²) in [5.41, 5.74) is 5.10.